The van der Waals surface area contributed by atoms with Gasteiger partial charge in [-0.15, -0.1) is 0 Å². The smallest absolute Gasteiger partial charge is 0.371 e. The van der Waals surface area contributed by atoms with E-state index < -0.39 is 15.8 Å². The normalized spacial score (nSPS) is 11.4. The maximum Gasteiger partial charge on any atom is 0.371 e. The van der Waals surface area contributed by atoms with Crippen LogP contribution in [0.4, 0.5) is 0 Å². The van der Waals surface area contributed by atoms with E-state index in [9.17, 15) is 13.2 Å². The molecule has 0 aliphatic carbocycles. The van der Waals surface area contributed by atoms with Gasteiger partial charge in [-0.2, -0.15) is 0 Å². The maximum absolute atomic E-state index is 12.1. The number of furan rings is 1. The Balaban J connectivity index is 2.28. The average Bonchev–Trinajstić information content (AvgIpc) is 2.77. The zero-order chi connectivity index (χ0) is 14.0. The molecule has 0 radical (unpaired) electrons. The third-order valence-corrected chi connectivity index (χ3v) is 4.19. The Kier molecular flexibility index (Phi) is 3.44. The van der Waals surface area contributed by atoms with Crippen LogP contribution in [0.2, 0.25) is 0 Å². The fourth-order valence-electron chi connectivity index (χ4n) is 1.65. The molecular formula is C13H12O5S. The molecule has 0 spiro atoms. The summed E-state index contributed by atoms with van der Waals surface area (Å²) in [7, 11) is -3.53. The molecule has 0 fully saturated rings. The van der Waals surface area contributed by atoms with Crippen LogP contribution in [-0.2, 0) is 15.6 Å². The van der Waals surface area contributed by atoms with E-state index in [1.54, 1.807) is 25.1 Å². The molecule has 0 unspecified atom stereocenters. The van der Waals surface area contributed by atoms with Crippen LogP contribution in [-0.4, -0.2) is 19.5 Å². The van der Waals surface area contributed by atoms with E-state index >= 15 is 0 Å². The fraction of sp³-hybridized carbons (Fsp3) is 0.154. The fourth-order valence-corrected chi connectivity index (χ4v) is 3.00. The number of carboxylic acid groups (broad SMARTS) is 1. The summed E-state index contributed by atoms with van der Waals surface area (Å²) in [6.07, 6.45) is 0. The molecule has 2 rings (SSSR count). The number of benzene rings is 1. The molecule has 0 aliphatic rings. The highest BCUT2D eigenvalue weighted by atomic mass is 32.2. The third kappa shape index (κ3) is 3.03. The maximum atomic E-state index is 12.1. The molecular weight excluding hydrogens is 268 g/mol. The van der Waals surface area contributed by atoms with E-state index in [1.807, 2.05) is 0 Å². The van der Waals surface area contributed by atoms with Crippen molar-refractivity contribution in [3.8, 4) is 0 Å². The highest BCUT2D eigenvalue weighted by Crippen LogP contribution is 2.19. The van der Waals surface area contributed by atoms with Crippen molar-refractivity contribution in [1.82, 2.24) is 0 Å². The predicted octanol–water partition coefficient (Wildman–Crippen LogP) is 2.26. The summed E-state index contributed by atoms with van der Waals surface area (Å²) in [5, 5.41) is 8.71. The summed E-state index contributed by atoms with van der Waals surface area (Å²) < 4.78 is 29.2. The molecule has 19 heavy (non-hydrogen) atoms. The topological polar surface area (TPSA) is 84.6 Å². The molecule has 2 aromatic rings. The van der Waals surface area contributed by atoms with Crippen LogP contribution in [0.1, 0.15) is 21.9 Å². The van der Waals surface area contributed by atoms with Crippen molar-refractivity contribution >= 4 is 15.8 Å². The SMILES string of the molecule is Cc1cccc(S(=O)(=O)Cc2ccc(C(=O)O)o2)c1. The Labute approximate surface area is 110 Å². The van der Waals surface area contributed by atoms with Gasteiger partial charge >= 0.3 is 5.97 Å². The lowest BCUT2D eigenvalue weighted by molar-refractivity contribution is 0.0660. The van der Waals surface area contributed by atoms with Crippen LogP contribution in [0.5, 0.6) is 0 Å². The second-order valence-electron chi connectivity index (χ2n) is 4.15. The molecule has 1 aromatic heterocycles. The van der Waals surface area contributed by atoms with Gasteiger partial charge in [-0.05, 0) is 36.8 Å². The van der Waals surface area contributed by atoms with Crippen LogP contribution in [0, 0.1) is 6.92 Å². The molecule has 0 aliphatic heterocycles. The zero-order valence-electron chi connectivity index (χ0n) is 10.2. The van der Waals surface area contributed by atoms with Crippen molar-refractivity contribution in [1.29, 1.82) is 0 Å². The Hall–Kier alpha value is -2.08. The average molecular weight is 280 g/mol. The Morgan fingerprint density at radius 1 is 1.26 bits per heavy atom. The number of hydrogen-bond donors (Lipinski definition) is 1. The second-order valence-corrected chi connectivity index (χ2v) is 6.14. The lowest BCUT2D eigenvalue weighted by atomic mass is 10.2. The molecule has 0 bridgehead atoms. The van der Waals surface area contributed by atoms with Crippen LogP contribution in [0.3, 0.4) is 0 Å². The van der Waals surface area contributed by atoms with Gasteiger partial charge in [0, 0.05) is 0 Å². The van der Waals surface area contributed by atoms with Gasteiger partial charge in [-0.3, -0.25) is 0 Å². The van der Waals surface area contributed by atoms with Gasteiger partial charge in [0.05, 0.1) is 4.90 Å². The Morgan fingerprint density at radius 3 is 2.58 bits per heavy atom. The second kappa shape index (κ2) is 4.89. The van der Waals surface area contributed by atoms with Crippen LogP contribution in [0.15, 0.2) is 45.7 Å². The van der Waals surface area contributed by atoms with Crippen LogP contribution >= 0.6 is 0 Å². The first-order valence-corrected chi connectivity index (χ1v) is 7.15. The molecule has 1 N–H and O–H groups in total. The molecule has 5 nitrogen and oxygen atoms in total. The van der Waals surface area contributed by atoms with E-state index in [-0.39, 0.29) is 22.2 Å². The summed E-state index contributed by atoms with van der Waals surface area (Å²) >= 11 is 0. The number of aromatic carboxylic acids is 1. The van der Waals surface area contributed by atoms with Gasteiger partial charge in [-0.25, -0.2) is 13.2 Å². The highest BCUT2D eigenvalue weighted by Gasteiger charge is 2.19. The van der Waals surface area contributed by atoms with E-state index in [0.29, 0.717) is 0 Å². The van der Waals surface area contributed by atoms with Gasteiger partial charge in [0.2, 0.25) is 5.76 Å². The highest BCUT2D eigenvalue weighted by molar-refractivity contribution is 7.90. The van der Waals surface area contributed by atoms with Gasteiger partial charge in [0.25, 0.3) is 0 Å². The van der Waals surface area contributed by atoms with E-state index in [2.05, 4.69) is 0 Å². The first-order chi connectivity index (χ1) is 8.88. The van der Waals surface area contributed by atoms with Crippen molar-refractivity contribution in [2.24, 2.45) is 0 Å². The molecule has 0 amide bonds. The first-order valence-electron chi connectivity index (χ1n) is 5.50. The van der Waals surface area contributed by atoms with Gasteiger partial charge in [0.15, 0.2) is 9.84 Å². The van der Waals surface area contributed by atoms with Crippen molar-refractivity contribution in [2.75, 3.05) is 0 Å². The number of hydrogen-bond acceptors (Lipinski definition) is 4. The Morgan fingerprint density at radius 2 is 2.00 bits per heavy atom. The summed E-state index contributed by atoms with van der Waals surface area (Å²) in [6, 6.07) is 9.13. The number of carboxylic acids is 1. The number of aryl methyl sites for hydroxylation is 1. The number of sulfone groups is 1. The third-order valence-electron chi connectivity index (χ3n) is 2.55. The summed E-state index contributed by atoms with van der Waals surface area (Å²) in [6.45, 7) is 1.80. The Bertz CT molecular complexity index is 712. The predicted molar refractivity (Wildman–Crippen MR) is 67.7 cm³/mol. The van der Waals surface area contributed by atoms with Crippen molar-refractivity contribution in [3.63, 3.8) is 0 Å². The van der Waals surface area contributed by atoms with Gasteiger partial charge < -0.3 is 9.52 Å². The van der Waals surface area contributed by atoms with Gasteiger partial charge in [-0.1, -0.05) is 12.1 Å². The van der Waals surface area contributed by atoms with E-state index in [1.165, 1.54) is 18.2 Å². The molecule has 100 valence electrons. The largest absolute Gasteiger partial charge is 0.475 e. The summed E-state index contributed by atoms with van der Waals surface area (Å²) in [5.74, 6) is -1.74. The molecule has 6 heteroatoms. The number of carbonyl (C=O) groups is 1. The quantitative estimate of drug-likeness (QED) is 0.928. The zero-order valence-corrected chi connectivity index (χ0v) is 11.0. The molecule has 0 atom stereocenters. The van der Waals surface area contributed by atoms with Crippen molar-refractivity contribution in [3.05, 3.63) is 53.5 Å². The minimum atomic E-state index is -3.53. The molecule has 0 saturated heterocycles. The summed E-state index contributed by atoms with van der Waals surface area (Å²) in [5.41, 5.74) is 0.840. The van der Waals surface area contributed by atoms with Crippen LogP contribution < -0.4 is 0 Å². The summed E-state index contributed by atoms with van der Waals surface area (Å²) in [4.78, 5) is 10.8. The minimum absolute atomic E-state index is 0.110. The first kappa shape index (κ1) is 13.4. The minimum Gasteiger partial charge on any atom is -0.475 e. The number of rotatable bonds is 4. The lowest BCUT2D eigenvalue weighted by Gasteiger charge is -2.03. The monoisotopic (exact) mass is 280 g/mol. The molecule has 1 aromatic carbocycles. The molecule has 0 saturated carbocycles. The van der Waals surface area contributed by atoms with Gasteiger partial charge in [0.1, 0.15) is 11.5 Å². The lowest BCUT2D eigenvalue weighted by Crippen LogP contribution is -2.04. The van der Waals surface area contributed by atoms with Crippen molar-refractivity contribution in [2.45, 2.75) is 17.6 Å². The van der Waals surface area contributed by atoms with E-state index in [0.717, 1.165) is 5.56 Å². The standard InChI is InChI=1S/C13H12O5S/c1-9-3-2-4-11(7-9)19(16,17)8-10-5-6-12(18-10)13(14)15/h2-7H,8H2,1H3,(H,14,15). The molecule has 1 heterocycles. The van der Waals surface area contributed by atoms with E-state index in [4.69, 9.17) is 9.52 Å². The van der Waals surface area contributed by atoms with Crippen LogP contribution in [0.25, 0.3) is 0 Å². The van der Waals surface area contributed by atoms with Crippen molar-refractivity contribution < 1.29 is 22.7 Å².